The quantitative estimate of drug-likeness (QED) is 0.761. The van der Waals surface area contributed by atoms with Gasteiger partial charge >= 0.3 is 5.97 Å². The molecule has 1 atom stereocenters. The highest BCUT2D eigenvalue weighted by atomic mass is 16.5. The molecule has 0 aliphatic carbocycles. The molecule has 16 heavy (non-hydrogen) atoms. The lowest BCUT2D eigenvalue weighted by molar-refractivity contribution is -0.139. The summed E-state index contributed by atoms with van der Waals surface area (Å²) < 4.78 is 5.13. The van der Waals surface area contributed by atoms with Crippen molar-refractivity contribution in [2.24, 2.45) is 0 Å². The number of likely N-dealkylation sites (N-methyl/N-ethyl adjacent to an activating group) is 1. The fourth-order valence-corrected chi connectivity index (χ4v) is 1.80. The SMILES string of the molecule is CNC(COC)(CC(=O)O)c1ccccc1. The molecule has 88 valence electrons. The van der Waals surface area contributed by atoms with Gasteiger partial charge in [0.1, 0.15) is 0 Å². The lowest BCUT2D eigenvalue weighted by Crippen LogP contribution is -2.45. The predicted molar refractivity (Wildman–Crippen MR) is 61.3 cm³/mol. The van der Waals surface area contributed by atoms with Crippen molar-refractivity contribution in [3.05, 3.63) is 35.9 Å². The molecule has 0 aliphatic heterocycles. The Morgan fingerprint density at radius 2 is 2.06 bits per heavy atom. The van der Waals surface area contributed by atoms with Crippen molar-refractivity contribution < 1.29 is 14.6 Å². The van der Waals surface area contributed by atoms with Gasteiger partial charge in [0.15, 0.2) is 0 Å². The van der Waals surface area contributed by atoms with Crippen LogP contribution in [0.4, 0.5) is 0 Å². The zero-order valence-electron chi connectivity index (χ0n) is 9.56. The van der Waals surface area contributed by atoms with Gasteiger partial charge in [-0.25, -0.2) is 0 Å². The lowest BCUT2D eigenvalue weighted by Gasteiger charge is -2.32. The smallest absolute Gasteiger partial charge is 0.305 e. The Morgan fingerprint density at radius 3 is 2.50 bits per heavy atom. The molecule has 2 N–H and O–H groups in total. The molecule has 1 aromatic carbocycles. The number of hydrogen-bond donors (Lipinski definition) is 2. The van der Waals surface area contributed by atoms with Crippen molar-refractivity contribution in [1.82, 2.24) is 5.32 Å². The number of ether oxygens (including phenoxy) is 1. The normalized spacial score (nSPS) is 14.4. The van der Waals surface area contributed by atoms with Crippen LogP contribution in [0.15, 0.2) is 30.3 Å². The molecule has 1 rings (SSSR count). The highest BCUT2D eigenvalue weighted by Crippen LogP contribution is 2.25. The summed E-state index contributed by atoms with van der Waals surface area (Å²) in [4.78, 5) is 10.9. The molecule has 0 aromatic heterocycles. The van der Waals surface area contributed by atoms with Gasteiger partial charge < -0.3 is 15.2 Å². The molecule has 0 aliphatic rings. The molecule has 0 amide bonds. The van der Waals surface area contributed by atoms with Gasteiger partial charge in [-0.05, 0) is 12.6 Å². The molecule has 1 unspecified atom stereocenters. The molecular weight excluding hydrogens is 206 g/mol. The molecule has 0 bridgehead atoms. The fraction of sp³-hybridized carbons (Fsp3) is 0.417. The van der Waals surface area contributed by atoms with Gasteiger partial charge in [-0.15, -0.1) is 0 Å². The van der Waals surface area contributed by atoms with Crippen LogP contribution < -0.4 is 5.32 Å². The van der Waals surface area contributed by atoms with E-state index in [9.17, 15) is 4.79 Å². The van der Waals surface area contributed by atoms with E-state index in [-0.39, 0.29) is 6.42 Å². The Kier molecular flexibility index (Phi) is 4.46. The lowest BCUT2D eigenvalue weighted by atomic mass is 9.87. The first-order valence-corrected chi connectivity index (χ1v) is 5.10. The minimum atomic E-state index is -0.852. The van der Waals surface area contributed by atoms with E-state index in [1.54, 1.807) is 14.2 Å². The maximum Gasteiger partial charge on any atom is 0.305 e. The Morgan fingerprint density at radius 1 is 1.44 bits per heavy atom. The highest BCUT2D eigenvalue weighted by Gasteiger charge is 2.33. The molecule has 0 fully saturated rings. The van der Waals surface area contributed by atoms with Crippen molar-refractivity contribution in [1.29, 1.82) is 0 Å². The van der Waals surface area contributed by atoms with Gasteiger partial charge in [0.05, 0.1) is 18.6 Å². The van der Waals surface area contributed by atoms with Gasteiger partial charge in [-0.2, -0.15) is 0 Å². The minimum absolute atomic E-state index is 0.0125. The van der Waals surface area contributed by atoms with E-state index < -0.39 is 11.5 Å². The van der Waals surface area contributed by atoms with E-state index in [1.165, 1.54) is 0 Å². The summed E-state index contributed by atoms with van der Waals surface area (Å²) in [6, 6.07) is 9.48. The third-order valence-corrected chi connectivity index (χ3v) is 2.65. The number of carboxylic acid groups (broad SMARTS) is 1. The van der Waals surface area contributed by atoms with Crippen molar-refractivity contribution >= 4 is 5.97 Å². The second-order valence-corrected chi connectivity index (χ2v) is 3.70. The van der Waals surface area contributed by atoms with Crippen LogP contribution in [0.25, 0.3) is 0 Å². The third kappa shape index (κ3) is 2.81. The zero-order chi connectivity index (χ0) is 12.0. The largest absolute Gasteiger partial charge is 0.481 e. The molecule has 4 heteroatoms. The molecule has 0 heterocycles. The van der Waals surface area contributed by atoms with E-state index in [0.29, 0.717) is 6.61 Å². The Labute approximate surface area is 95.2 Å². The average molecular weight is 223 g/mol. The first-order chi connectivity index (χ1) is 7.64. The van der Waals surface area contributed by atoms with Crippen LogP contribution >= 0.6 is 0 Å². The molecule has 0 radical (unpaired) electrons. The zero-order valence-corrected chi connectivity index (χ0v) is 9.56. The summed E-state index contributed by atoms with van der Waals surface area (Å²) in [5, 5.41) is 12.0. The monoisotopic (exact) mass is 223 g/mol. The number of methoxy groups -OCH3 is 1. The molecule has 0 saturated heterocycles. The molecule has 1 aromatic rings. The van der Waals surface area contributed by atoms with Crippen LogP contribution in [0.5, 0.6) is 0 Å². The van der Waals surface area contributed by atoms with Crippen LogP contribution in [-0.2, 0) is 15.1 Å². The van der Waals surface area contributed by atoms with E-state index in [2.05, 4.69) is 5.32 Å². The van der Waals surface area contributed by atoms with E-state index in [0.717, 1.165) is 5.56 Å². The number of aliphatic carboxylic acids is 1. The number of carboxylic acids is 1. The highest BCUT2D eigenvalue weighted by molar-refractivity contribution is 5.69. The molecular formula is C12H17NO3. The van der Waals surface area contributed by atoms with Gasteiger partial charge in [-0.3, -0.25) is 4.79 Å². The number of rotatable bonds is 6. The summed E-state index contributed by atoms with van der Waals surface area (Å²) in [5.41, 5.74) is 0.253. The predicted octanol–water partition coefficient (Wildman–Crippen LogP) is 1.22. The van der Waals surface area contributed by atoms with E-state index in [4.69, 9.17) is 9.84 Å². The minimum Gasteiger partial charge on any atom is -0.481 e. The van der Waals surface area contributed by atoms with Gasteiger partial charge in [0, 0.05) is 7.11 Å². The topological polar surface area (TPSA) is 58.6 Å². The van der Waals surface area contributed by atoms with Gasteiger partial charge in [-0.1, -0.05) is 30.3 Å². The first kappa shape index (κ1) is 12.7. The van der Waals surface area contributed by atoms with Crippen LogP contribution in [0.3, 0.4) is 0 Å². The second kappa shape index (κ2) is 5.63. The van der Waals surface area contributed by atoms with Gasteiger partial charge in [0.2, 0.25) is 0 Å². The molecule has 0 saturated carbocycles. The molecule has 4 nitrogen and oxygen atoms in total. The van der Waals surface area contributed by atoms with E-state index in [1.807, 2.05) is 30.3 Å². The Balaban J connectivity index is 3.06. The van der Waals surface area contributed by atoms with E-state index >= 15 is 0 Å². The van der Waals surface area contributed by atoms with Crippen molar-refractivity contribution in [3.8, 4) is 0 Å². The third-order valence-electron chi connectivity index (χ3n) is 2.65. The van der Waals surface area contributed by atoms with Crippen molar-refractivity contribution in [2.45, 2.75) is 12.0 Å². The second-order valence-electron chi connectivity index (χ2n) is 3.70. The average Bonchev–Trinajstić information content (AvgIpc) is 2.29. The maximum atomic E-state index is 10.9. The summed E-state index contributed by atoms with van der Waals surface area (Å²) in [7, 11) is 3.31. The van der Waals surface area contributed by atoms with Crippen molar-refractivity contribution in [3.63, 3.8) is 0 Å². The number of nitrogens with one attached hydrogen (secondary N) is 1. The summed E-state index contributed by atoms with van der Waals surface area (Å²) >= 11 is 0. The van der Waals surface area contributed by atoms with Crippen molar-refractivity contribution in [2.75, 3.05) is 20.8 Å². The number of hydrogen-bond acceptors (Lipinski definition) is 3. The summed E-state index contributed by atoms with van der Waals surface area (Å²) in [6.07, 6.45) is -0.0125. The first-order valence-electron chi connectivity index (χ1n) is 5.10. The Hall–Kier alpha value is -1.39. The maximum absolute atomic E-state index is 10.9. The molecule has 0 spiro atoms. The van der Waals surface area contributed by atoms with Gasteiger partial charge in [0.25, 0.3) is 0 Å². The Bertz CT molecular complexity index is 339. The number of benzene rings is 1. The summed E-state index contributed by atoms with van der Waals surface area (Å²) in [6.45, 7) is 0.319. The van der Waals surface area contributed by atoms with Crippen LogP contribution in [0.1, 0.15) is 12.0 Å². The van der Waals surface area contributed by atoms with Crippen LogP contribution in [0, 0.1) is 0 Å². The van der Waals surface area contributed by atoms with Crippen LogP contribution in [0.2, 0.25) is 0 Å². The summed E-state index contributed by atoms with van der Waals surface area (Å²) in [5.74, 6) is -0.852. The van der Waals surface area contributed by atoms with Crippen LogP contribution in [-0.4, -0.2) is 31.8 Å². The standard InChI is InChI=1S/C12H17NO3/c1-13-12(9-16-2,8-11(14)15)10-6-4-3-5-7-10/h3-7,13H,8-9H2,1-2H3,(H,14,15). The fourth-order valence-electron chi connectivity index (χ4n) is 1.80. The number of carbonyl (C=O) groups is 1.